The van der Waals surface area contributed by atoms with Gasteiger partial charge in [-0.05, 0) is 23.9 Å². The van der Waals surface area contributed by atoms with Gasteiger partial charge < -0.3 is 0 Å². The minimum absolute atomic E-state index is 0.556. The predicted octanol–water partition coefficient (Wildman–Crippen LogP) is 2.78. The third kappa shape index (κ3) is 1.53. The van der Waals surface area contributed by atoms with Gasteiger partial charge in [0.25, 0.3) is 0 Å². The van der Waals surface area contributed by atoms with Gasteiger partial charge in [0.1, 0.15) is 0 Å². The van der Waals surface area contributed by atoms with Crippen LogP contribution < -0.4 is 5.32 Å². The van der Waals surface area contributed by atoms with Crippen molar-refractivity contribution in [2.75, 3.05) is 6.54 Å². The number of aryl methyl sites for hydroxylation is 1. The maximum absolute atomic E-state index is 3.52. The van der Waals surface area contributed by atoms with Crippen LogP contribution >= 0.6 is 23.1 Å². The van der Waals surface area contributed by atoms with Crippen molar-refractivity contribution in [3.63, 3.8) is 0 Å². The van der Waals surface area contributed by atoms with E-state index in [9.17, 15) is 0 Å². The SMILES string of the molecule is Cc1ccsc1C1NCC(C)S1. The average Bonchev–Trinajstić information content (AvgIpc) is 2.58. The van der Waals surface area contributed by atoms with Crippen molar-refractivity contribution in [2.24, 2.45) is 0 Å². The number of hydrogen-bond donors (Lipinski definition) is 1. The molecule has 1 saturated heterocycles. The van der Waals surface area contributed by atoms with Gasteiger partial charge >= 0.3 is 0 Å². The first-order valence-electron chi connectivity index (χ1n) is 4.20. The van der Waals surface area contributed by atoms with Gasteiger partial charge in [-0.25, -0.2) is 0 Å². The molecule has 3 heteroatoms. The Kier molecular flexibility index (Phi) is 2.44. The summed E-state index contributed by atoms with van der Waals surface area (Å²) in [6, 6.07) is 2.20. The highest BCUT2D eigenvalue weighted by Gasteiger charge is 2.24. The van der Waals surface area contributed by atoms with Gasteiger partial charge in [-0.15, -0.1) is 23.1 Å². The molecule has 2 unspecified atom stereocenters. The molecule has 0 aliphatic carbocycles. The fourth-order valence-corrected chi connectivity index (χ4v) is 3.78. The molecule has 2 heterocycles. The second-order valence-corrected chi connectivity index (χ2v) is 5.70. The molecule has 0 radical (unpaired) electrons. The Morgan fingerprint density at radius 2 is 2.42 bits per heavy atom. The number of rotatable bonds is 1. The Bertz CT molecular complexity index is 269. The van der Waals surface area contributed by atoms with E-state index in [0.717, 1.165) is 11.8 Å². The second kappa shape index (κ2) is 3.40. The third-order valence-electron chi connectivity index (χ3n) is 2.10. The zero-order valence-corrected chi connectivity index (χ0v) is 8.97. The van der Waals surface area contributed by atoms with Crippen LogP contribution in [0.25, 0.3) is 0 Å². The summed E-state index contributed by atoms with van der Waals surface area (Å²) in [5, 5.41) is 7.02. The van der Waals surface area contributed by atoms with Crippen LogP contribution in [0.15, 0.2) is 11.4 Å². The van der Waals surface area contributed by atoms with Gasteiger partial charge in [-0.1, -0.05) is 6.92 Å². The van der Waals surface area contributed by atoms with Gasteiger partial charge in [-0.2, -0.15) is 0 Å². The minimum atomic E-state index is 0.556. The Hall–Kier alpha value is 0.01000. The van der Waals surface area contributed by atoms with Gasteiger partial charge in [0, 0.05) is 16.7 Å². The van der Waals surface area contributed by atoms with E-state index in [4.69, 9.17) is 0 Å². The first-order chi connectivity index (χ1) is 5.77. The van der Waals surface area contributed by atoms with Gasteiger partial charge in [-0.3, -0.25) is 5.32 Å². The van der Waals surface area contributed by atoms with Crippen LogP contribution in [0.1, 0.15) is 22.7 Å². The molecule has 2 rings (SSSR count). The lowest BCUT2D eigenvalue weighted by atomic mass is 10.3. The molecule has 1 aliphatic rings. The molecule has 1 fully saturated rings. The fraction of sp³-hybridized carbons (Fsp3) is 0.556. The van der Waals surface area contributed by atoms with Crippen LogP contribution in [-0.4, -0.2) is 11.8 Å². The Morgan fingerprint density at radius 1 is 1.58 bits per heavy atom. The number of thioether (sulfide) groups is 1. The lowest BCUT2D eigenvalue weighted by Crippen LogP contribution is -2.13. The van der Waals surface area contributed by atoms with E-state index in [-0.39, 0.29) is 0 Å². The zero-order valence-electron chi connectivity index (χ0n) is 7.33. The Labute approximate surface area is 81.6 Å². The highest BCUT2D eigenvalue weighted by Crippen LogP contribution is 2.38. The molecule has 2 atom stereocenters. The summed E-state index contributed by atoms with van der Waals surface area (Å²) in [6.07, 6.45) is 0. The van der Waals surface area contributed by atoms with E-state index in [1.165, 1.54) is 10.4 Å². The van der Waals surface area contributed by atoms with Crippen LogP contribution in [-0.2, 0) is 0 Å². The molecule has 0 amide bonds. The van der Waals surface area contributed by atoms with Crippen molar-refractivity contribution in [2.45, 2.75) is 24.5 Å². The van der Waals surface area contributed by atoms with Crippen molar-refractivity contribution < 1.29 is 0 Å². The summed E-state index contributed by atoms with van der Waals surface area (Å²) in [5.41, 5.74) is 1.43. The Balaban J connectivity index is 2.16. The van der Waals surface area contributed by atoms with Crippen molar-refractivity contribution in [1.82, 2.24) is 5.32 Å². The zero-order chi connectivity index (χ0) is 8.55. The van der Waals surface area contributed by atoms with Crippen LogP contribution in [0.2, 0.25) is 0 Å². The standard InChI is InChI=1S/C9H13NS2/c1-6-3-4-11-8(6)9-10-5-7(2)12-9/h3-4,7,9-10H,5H2,1-2H3. The summed E-state index contributed by atoms with van der Waals surface area (Å²) >= 11 is 3.90. The lowest BCUT2D eigenvalue weighted by molar-refractivity contribution is 0.723. The predicted molar refractivity (Wildman–Crippen MR) is 56.9 cm³/mol. The maximum Gasteiger partial charge on any atom is 0.0888 e. The first kappa shape index (κ1) is 8.60. The summed E-state index contributed by atoms with van der Waals surface area (Å²) in [6.45, 7) is 5.62. The number of hydrogen-bond acceptors (Lipinski definition) is 3. The number of thiophene rings is 1. The summed E-state index contributed by atoms with van der Waals surface area (Å²) in [4.78, 5) is 1.50. The van der Waals surface area contributed by atoms with Gasteiger partial charge in [0.05, 0.1) is 5.37 Å². The third-order valence-corrected chi connectivity index (χ3v) is 4.64. The van der Waals surface area contributed by atoms with Crippen molar-refractivity contribution in [3.8, 4) is 0 Å². The molecule has 1 nitrogen and oxygen atoms in total. The molecule has 1 aliphatic heterocycles. The Morgan fingerprint density at radius 3 is 2.92 bits per heavy atom. The second-order valence-electron chi connectivity index (χ2n) is 3.20. The van der Waals surface area contributed by atoms with E-state index < -0.39 is 0 Å². The molecule has 0 aromatic carbocycles. The van der Waals surface area contributed by atoms with E-state index in [1.54, 1.807) is 0 Å². The van der Waals surface area contributed by atoms with E-state index in [2.05, 4.69) is 30.6 Å². The number of nitrogens with one attached hydrogen (secondary N) is 1. The van der Waals surface area contributed by atoms with Crippen molar-refractivity contribution in [3.05, 3.63) is 21.9 Å². The summed E-state index contributed by atoms with van der Waals surface area (Å²) in [7, 11) is 0. The lowest BCUT2D eigenvalue weighted by Gasteiger charge is -2.07. The average molecular weight is 199 g/mol. The first-order valence-corrected chi connectivity index (χ1v) is 6.02. The van der Waals surface area contributed by atoms with Crippen LogP contribution in [0.3, 0.4) is 0 Å². The van der Waals surface area contributed by atoms with E-state index in [1.807, 2.05) is 23.1 Å². The minimum Gasteiger partial charge on any atom is -0.300 e. The highest BCUT2D eigenvalue weighted by atomic mass is 32.2. The smallest absolute Gasteiger partial charge is 0.0888 e. The molecule has 0 spiro atoms. The van der Waals surface area contributed by atoms with Crippen molar-refractivity contribution in [1.29, 1.82) is 0 Å². The monoisotopic (exact) mass is 199 g/mol. The van der Waals surface area contributed by atoms with Crippen LogP contribution in [0.4, 0.5) is 0 Å². The highest BCUT2D eigenvalue weighted by molar-refractivity contribution is 8.00. The molecule has 0 saturated carbocycles. The molecule has 1 aromatic rings. The summed E-state index contributed by atoms with van der Waals surface area (Å²) in [5.74, 6) is 0. The normalized spacial score (nSPS) is 29.5. The van der Waals surface area contributed by atoms with E-state index in [0.29, 0.717) is 5.37 Å². The molecular weight excluding hydrogens is 186 g/mol. The topological polar surface area (TPSA) is 12.0 Å². The molecule has 0 bridgehead atoms. The fourth-order valence-electron chi connectivity index (χ4n) is 1.41. The quantitative estimate of drug-likeness (QED) is 0.746. The molecular formula is C9H13NS2. The molecule has 12 heavy (non-hydrogen) atoms. The largest absolute Gasteiger partial charge is 0.300 e. The van der Waals surface area contributed by atoms with Gasteiger partial charge in [0.15, 0.2) is 0 Å². The van der Waals surface area contributed by atoms with Gasteiger partial charge in [0.2, 0.25) is 0 Å². The molecule has 66 valence electrons. The van der Waals surface area contributed by atoms with Crippen molar-refractivity contribution >= 4 is 23.1 Å². The maximum atomic E-state index is 3.52. The molecule has 1 N–H and O–H groups in total. The van der Waals surface area contributed by atoms with Crippen LogP contribution in [0.5, 0.6) is 0 Å². The van der Waals surface area contributed by atoms with Crippen LogP contribution in [0, 0.1) is 6.92 Å². The summed E-state index contributed by atoms with van der Waals surface area (Å²) < 4.78 is 0. The van der Waals surface area contributed by atoms with E-state index >= 15 is 0 Å². The molecule has 1 aromatic heterocycles.